The molecule has 1 N–H and O–H groups in total. The molecule has 1 heterocycles. The van der Waals surface area contributed by atoms with Gasteiger partial charge in [-0.1, -0.05) is 42.8 Å². The zero-order chi connectivity index (χ0) is 18.8. The lowest BCUT2D eigenvalue weighted by molar-refractivity contribution is 0.102. The van der Waals surface area contributed by atoms with Gasteiger partial charge in [0.2, 0.25) is 0 Å². The summed E-state index contributed by atoms with van der Waals surface area (Å²) in [6.07, 6.45) is 0. The lowest BCUT2D eigenvalue weighted by Crippen LogP contribution is -2.17. The van der Waals surface area contributed by atoms with Crippen LogP contribution in [0.5, 0.6) is 0 Å². The van der Waals surface area contributed by atoms with E-state index in [1.807, 2.05) is 58.0 Å². The van der Waals surface area contributed by atoms with Crippen LogP contribution in [0, 0.1) is 13.8 Å². The first kappa shape index (κ1) is 18.1. The zero-order valence-electron chi connectivity index (χ0n) is 15.2. The van der Waals surface area contributed by atoms with Gasteiger partial charge in [0, 0.05) is 10.7 Å². The highest BCUT2D eigenvalue weighted by molar-refractivity contribution is 6.30. The summed E-state index contributed by atoms with van der Waals surface area (Å²) >= 11 is 5.97. The van der Waals surface area contributed by atoms with Crippen molar-refractivity contribution in [3.8, 4) is 5.69 Å². The summed E-state index contributed by atoms with van der Waals surface area (Å²) in [5.74, 6) is -0.192. The van der Waals surface area contributed by atoms with Crippen molar-refractivity contribution >= 4 is 23.2 Å². The van der Waals surface area contributed by atoms with Crippen LogP contribution in [0.3, 0.4) is 0 Å². The second-order valence-electron chi connectivity index (χ2n) is 6.64. The van der Waals surface area contributed by atoms with Crippen LogP contribution in [0.15, 0.2) is 42.5 Å². The van der Waals surface area contributed by atoms with Crippen LogP contribution in [-0.4, -0.2) is 20.9 Å². The van der Waals surface area contributed by atoms with Gasteiger partial charge in [0.1, 0.15) is 0 Å². The van der Waals surface area contributed by atoms with E-state index in [0.29, 0.717) is 10.7 Å². The van der Waals surface area contributed by atoms with Crippen LogP contribution in [0.1, 0.15) is 47.1 Å². The van der Waals surface area contributed by atoms with Gasteiger partial charge in [-0.05, 0) is 61.2 Å². The highest BCUT2D eigenvalue weighted by atomic mass is 35.5. The molecule has 5 nitrogen and oxygen atoms in total. The number of halogens is 1. The Morgan fingerprint density at radius 1 is 1.12 bits per heavy atom. The van der Waals surface area contributed by atoms with Crippen LogP contribution in [0.25, 0.3) is 5.69 Å². The monoisotopic (exact) mass is 368 g/mol. The predicted molar refractivity (Wildman–Crippen MR) is 104 cm³/mol. The van der Waals surface area contributed by atoms with Crippen LogP contribution < -0.4 is 5.32 Å². The minimum absolute atomic E-state index is 0.0695. The standard InChI is InChI=1S/C20H21ClN4O/c1-12(2)19-18(20(26)22-17-11-13(3)5-6-14(17)4)23-24-25(19)16-9-7-15(21)8-10-16/h5-12H,1-4H3,(H,22,26). The van der Waals surface area contributed by atoms with Crippen molar-refractivity contribution in [3.63, 3.8) is 0 Å². The molecular weight excluding hydrogens is 348 g/mol. The highest BCUT2D eigenvalue weighted by Gasteiger charge is 2.23. The number of rotatable bonds is 4. The number of nitrogens with zero attached hydrogens (tertiary/aromatic N) is 3. The molecular formula is C20H21ClN4O. The summed E-state index contributed by atoms with van der Waals surface area (Å²) in [6.45, 7) is 7.98. The molecule has 0 aliphatic rings. The zero-order valence-corrected chi connectivity index (χ0v) is 16.0. The third-order valence-corrected chi connectivity index (χ3v) is 4.43. The van der Waals surface area contributed by atoms with Crippen molar-refractivity contribution in [2.75, 3.05) is 5.32 Å². The van der Waals surface area contributed by atoms with Crippen LogP contribution in [0.2, 0.25) is 5.02 Å². The number of carbonyl (C=O) groups is 1. The summed E-state index contributed by atoms with van der Waals surface area (Å²) in [5.41, 5.74) is 4.77. The molecule has 134 valence electrons. The Morgan fingerprint density at radius 3 is 2.46 bits per heavy atom. The number of aromatic nitrogens is 3. The Hall–Kier alpha value is -2.66. The van der Waals surface area contributed by atoms with E-state index >= 15 is 0 Å². The van der Waals surface area contributed by atoms with E-state index in [4.69, 9.17) is 11.6 Å². The average Bonchev–Trinajstić information content (AvgIpc) is 3.04. The van der Waals surface area contributed by atoms with Crippen molar-refractivity contribution in [2.45, 2.75) is 33.6 Å². The molecule has 0 unspecified atom stereocenters. The van der Waals surface area contributed by atoms with Gasteiger partial charge >= 0.3 is 0 Å². The number of anilines is 1. The van der Waals surface area contributed by atoms with Gasteiger partial charge in [-0.3, -0.25) is 4.79 Å². The minimum Gasteiger partial charge on any atom is -0.320 e. The molecule has 6 heteroatoms. The second kappa shape index (κ2) is 7.30. The number of benzene rings is 2. The highest BCUT2D eigenvalue weighted by Crippen LogP contribution is 2.24. The molecule has 0 spiro atoms. The maximum absolute atomic E-state index is 12.9. The third kappa shape index (κ3) is 3.63. The molecule has 3 rings (SSSR count). The van der Waals surface area contributed by atoms with Crippen molar-refractivity contribution < 1.29 is 4.79 Å². The lowest BCUT2D eigenvalue weighted by Gasteiger charge is -2.12. The topological polar surface area (TPSA) is 59.8 Å². The van der Waals surface area contributed by atoms with Gasteiger partial charge in [-0.2, -0.15) is 0 Å². The molecule has 0 aliphatic carbocycles. The van der Waals surface area contributed by atoms with E-state index in [-0.39, 0.29) is 11.8 Å². The van der Waals surface area contributed by atoms with E-state index in [1.165, 1.54) is 0 Å². The van der Waals surface area contributed by atoms with Gasteiger partial charge in [0.25, 0.3) is 5.91 Å². The largest absolute Gasteiger partial charge is 0.320 e. The first-order chi connectivity index (χ1) is 12.4. The summed E-state index contributed by atoms with van der Waals surface area (Å²) in [4.78, 5) is 12.9. The van der Waals surface area contributed by atoms with Gasteiger partial charge in [0.05, 0.1) is 11.4 Å². The SMILES string of the molecule is Cc1ccc(C)c(NC(=O)c2nnn(-c3ccc(Cl)cc3)c2C(C)C)c1. The van der Waals surface area contributed by atoms with Gasteiger partial charge in [0.15, 0.2) is 5.69 Å². The number of carbonyl (C=O) groups excluding carboxylic acids is 1. The van der Waals surface area contributed by atoms with Crippen LogP contribution in [-0.2, 0) is 0 Å². The smallest absolute Gasteiger partial charge is 0.278 e. The van der Waals surface area contributed by atoms with E-state index < -0.39 is 0 Å². The Labute approximate surface area is 158 Å². The minimum atomic E-state index is -0.261. The Kier molecular flexibility index (Phi) is 5.09. The number of hydrogen-bond acceptors (Lipinski definition) is 3. The Bertz CT molecular complexity index is 945. The van der Waals surface area contributed by atoms with Crippen LogP contribution >= 0.6 is 11.6 Å². The summed E-state index contributed by atoms with van der Waals surface area (Å²) < 4.78 is 1.69. The molecule has 0 radical (unpaired) electrons. The fraction of sp³-hybridized carbons (Fsp3) is 0.250. The first-order valence-electron chi connectivity index (χ1n) is 8.47. The van der Waals surface area contributed by atoms with Crippen molar-refractivity contribution in [1.82, 2.24) is 15.0 Å². The van der Waals surface area contributed by atoms with Gasteiger partial charge in [-0.15, -0.1) is 5.10 Å². The maximum Gasteiger partial charge on any atom is 0.278 e. The normalized spacial score (nSPS) is 11.0. The molecule has 3 aromatic rings. The molecule has 0 saturated heterocycles. The molecule has 26 heavy (non-hydrogen) atoms. The van der Waals surface area contributed by atoms with Gasteiger partial charge < -0.3 is 5.32 Å². The molecule has 0 fully saturated rings. The van der Waals surface area contributed by atoms with Crippen molar-refractivity contribution in [2.24, 2.45) is 0 Å². The summed E-state index contributed by atoms with van der Waals surface area (Å²) in [7, 11) is 0. The number of hydrogen-bond donors (Lipinski definition) is 1. The van der Waals surface area contributed by atoms with E-state index in [2.05, 4.69) is 15.6 Å². The molecule has 1 amide bonds. The van der Waals surface area contributed by atoms with Gasteiger partial charge in [-0.25, -0.2) is 4.68 Å². The van der Waals surface area contributed by atoms with Crippen LogP contribution in [0.4, 0.5) is 5.69 Å². The second-order valence-corrected chi connectivity index (χ2v) is 7.08. The molecule has 0 bridgehead atoms. The third-order valence-electron chi connectivity index (χ3n) is 4.18. The fourth-order valence-electron chi connectivity index (χ4n) is 2.79. The molecule has 1 aromatic heterocycles. The average molecular weight is 369 g/mol. The predicted octanol–water partition coefficient (Wildman–Crippen LogP) is 4.91. The van der Waals surface area contributed by atoms with E-state index in [9.17, 15) is 4.79 Å². The molecule has 0 atom stereocenters. The molecule has 0 aliphatic heterocycles. The van der Waals surface area contributed by atoms with Crippen molar-refractivity contribution in [1.29, 1.82) is 0 Å². The number of amides is 1. The Morgan fingerprint density at radius 2 is 1.81 bits per heavy atom. The van der Waals surface area contributed by atoms with E-state index in [0.717, 1.165) is 28.2 Å². The van der Waals surface area contributed by atoms with E-state index in [1.54, 1.807) is 16.8 Å². The van der Waals surface area contributed by atoms with Crippen molar-refractivity contribution in [3.05, 3.63) is 70.0 Å². The Balaban J connectivity index is 1.98. The maximum atomic E-state index is 12.9. The number of nitrogens with one attached hydrogen (secondary N) is 1. The fourth-order valence-corrected chi connectivity index (χ4v) is 2.92. The molecule has 2 aromatic carbocycles. The summed E-state index contributed by atoms with van der Waals surface area (Å²) in [6, 6.07) is 13.2. The summed E-state index contributed by atoms with van der Waals surface area (Å²) in [5, 5.41) is 12.0. The first-order valence-corrected chi connectivity index (χ1v) is 8.84. The lowest BCUT2D eigenvalue weighted by atomic mass is 10.1. The quantitative estimate of drug-likeness (QED) is 0.711. The molecule has 0 saturated carbocycles. The number of aryl methyl sites for hydroxylation is 2.